The van der Waals surface area contributed by atoms with E-state index < -0.39 is 11.7 Å². The first-order valence-electron chi connectivity index (χ1n) is 11.5. The number of amides is 1. The third-order valence-electron chi connectivity index (χ3n) is 6.28. The van der Waals surface area contributed by atoms with E-state index in [0.29, 0.717) is 25.4 Å². The van der Waals surface area contributed by atoms with Crippen molar-refractivity contribution in [3.8, 4) is 11.4 Å². The van der Waals surface area contributed by atoms with Gasteiger partial charge in [0.2, 0.25) is 17.6 Å². The fraction of sp³-hybridized carbons (Fsp3) is 0.609. The molecule has 0 spiro atoms. The smallest absolute Gasteiger partial charge is 0.379 e. The summed E-state index contributed by atoms with van der Waals surface area (Å²) in [4.78, 5) is 21.4. The fourth-order valence-corrected chi connectivity index (χ4v) is 4.09. The minimum atomic E-state index is -4.44. The van der Waals surface area contributed by atoms with Crippen molar-refractivity contribution in [1.29, 1.82) is 0 Å². The second-order valence-corrected chi connectivity index (χ2v) is 8.60. The fourth-order valence-electron chi connectivity index (χ4n) is 4.09. The summed E-state index contributed by atoms with van der Waals surface area (Å²) in [6.45, 7) is 5.34. The SMILES string of the molecule is O=C(C1CCC1)N(CCCN1CCOCC1)CCc1nc(-c2cccc(C(F)(F)F)c2)no1. The lowest BCUT2D eigenvalue weighted by Crippen LogP contribution is -2.42. The molecule has 0 unspecified atom stereocenters. The van der Waals surface area contributed by atoms with E-state index in [1.54, 1.807) is 0 Å². The molecule has 1 amide bonds. The Kier molecular flexibility index (Phi) is 7.64. The van der Waals surface area contributed by atoms with Gasteiger partial charge >= 0.3 is 6.18 Å². The van der Waals surface area contributed by atoms with Crippen LogP contribution < -0.4 is 0 Å². The summed E-state index contributed by atoms with van der Waals surface area (Å²) in [7, 11) is 0. The quantitative estimate of drug-likeness (QED) is 0.562. The molecule has 0 bridgehead atoms. The molecule has 1 saturated carbocycles. The van der Waals surface area contributed by atoms with Crippen molar-refractivity contribution in [2.75, 3.05) is 45.9 Å². The number of carbonyl (C=O) groups excluding carboxylic acids is 1. The minimum Gasteiger partial charge on any atom is -0.379 e. The van der Waals surface area contributed by atoms with Crippen molar-refractivity contribution in [2.45, 2.75) is 38.3 Å². The van der Waals surface area contributed by atoms with Gasteiger partial charge in [-0.3, -0.25) is 9.69 Å². The van der Waals surface area contributed by atoms with Crippen LogP contribution >= 0.6 is 0 Å². The van der Waals surface area contributed by atoms with E-state index in [1.807, 2.05) is 4.90 Å². The molecule has 1 aromatic carbocycles. The molecular weight excluding hydrogens is 437 g/mol. The monoisotopic (exact) mass is 466 g/mol. The number of hydrogen-bond acceptors (Lipinski definition) is 6. The zero-order valence-electron chi connectivity index (χ0n) is 18.5. The molecule has 0 radical (unpaired) electrons. The third kappa shape index (κ3) is 6.32. The lowest BCUT2D eigenvalue weighted by atomic mass is 9.84. The Morgan fingerprint density at radius 1 is 1.18 bits per heavy atom. The predicted octanol–water partition coefficient (Wildman–Crippen LogP) is 3.65. The number of hydrogen-bond donors (Lipinski definition) is 0. The average molecular weight is 467 g/mol. The van der Waals surface area contributed by atoms with Crippen LogP contribution in [0.1, 0.15) is 37.1 Å². The summed E-state index contributed by atoms with van der Waals surface area (Å²) in [5, 5.41) is 3.84. The first-order valence-corrected chi connectivity index (χ1v) is 11.5. The van der Waals surface area contributed by atoms with Gasteiger partial charge < -0.3 is 14.2 Å². The maximum Gasteiger partial charge on any atom is 0.416 e. The maximum absolute atomic E-state index is 13.0. The van der Waals surface area contributed by atoms with Crippen LogP contribution in [0.15, 0.2) is 28.8 Å². The highest BCUT2D eigenvalue weighted by molar-refractivity contribution is 5.79. The molecule has 180 valence electrons. The van der Waals surface area contributed by atoms with Crippen LogP contribution in [0.2, 0.25) is 0 Å². The normalized spacial score (nSPS) is 17.7. The van der Waals surface area contributed by atoms with Crippen molar-refractivity contribution in [1.82, 2.24) is 19.9 Å². The van der Waals surface area contributed by atoms with Crippen molar-refractivity contribution < 1.29 is 27.2 Å². The largest absolute Gasteiger partial charge is 0.416 e. The summed E-state index contributed by atoms with van der Waals surface area (Å²) < 4.78 is 49.6. The maximum atomic E-state index is 13.0. The molecule has 4 rings (SSSR count). The van der Waals surface area contributed by atoms with Gasteiger partial charge in [0, 0.05) is 50.6 Å². The number of halogens is 3. The highest BCUT2D eigenvalue weighted by Crippen LogP contribution is 2.31. The Bertz CT molecular complexity index is 924. The molecule has 2 aliphatic rings. The highest BCUT2D eigenvalue weighted by atomic mass is 19.4. The zero-order valence-corrected chi connectivity index (χ0v) is 18.5. The molecule has 1 aliphatic heterocycles. The van der Waals surface area contributed by atoms with Gasteiger partial charge in [0.25, 0.3) is 0 Å². The lowest BCUT2D eigenvalue weighted by molar-refractivity contribution is -0.138. The summed E-state index contributed by atoms with van der Waals surface area (Å²) in [5.41, 5.74) is -0.517. The molecule has 2 heterocycles. The van der Waals surface area contributed by atoms with Crippen molar-refractivity contribution >= 4 is 5.91 Å². The number of alkyl halides is 3. The minimum absolute atomic E-state index is 0.0942. The van der Waals surface area contributed by atoms with Crippen LogP contribution in [0.4, 0.5) is 13.2 Å². The van der Waals surface area contributed by atoms with E-state index in [9.17, 15) is 18.0 Å². The number of ether oxygens (including phenoxy) is 1. The first-order chi connectivity index (χ1) is 15.9. The Morgan fingerprint density at radius 3 is 2.67 bits per heavy atom. The van der Waals surface area contributed by atoms with E-state index in [4.69, 9.17) is 9.26 Å². The van der Waals surface area contributed by atoms with Crippen LogP contribution in [0.5, 0.6) is 0 Å². The molecule has 0 atom stereocenters. The van der Waals surface area contributed by atoms with E-state index in [-0.39, 0.29) is 23.2 Å². The van der Waals surface area contributed by atoms with Crippen LogP contribution in [0.3, 0.4) is 0 Å². The van der Waals surface area contributed by atoms with E-state index in [2.05, 4.69) is 15.0 Å². The average Bonchev–Trinajstić information content (AvgIpc) is 3.24. The number of benzene rings is 1. The Balaban J connectivity index is 1.35. The van der Waals surface area contributed by atoms with E-state index in [0.717, 1.165) is 70.7 Å². The van der Waals surface area contributed by atoms with Crippen LogP contribution in [-0.2, 0) is 22.1 Å². The molecule has 10 heteroatoms. The molecule has 0 N–H and O–H groups in total. The molecule has 1 aliphatic carbocycles. The molecule has 2 fully saturated rings. The second-order valence-electron chi connectivity index (χ2n) is 8.60. The van der Waals surface area contributed by atoms with Gasteiger partial charge in [-0.05, 0) is 31.4 Å². The van der Waals surface area contributed by atoms with Gasteiger partial charge in [-0.1, -0.05) is 23.7 Å². The van der Waals surface area contributed by atoms with Crippen molar-refractivity contribution in [3.05, 3.63) is 35.7 Å². The van der Waals surface area contributed by atoms with Crippen LogP contribution in [0, 0.1) is 5.92 Å². The Labute approximate surface area is 190 Å². The zero-order chi connectivity index (χ0) is 23.3. The van der Waals surface area contributed by atoms with Gasteiger partial charge in [-0.15, -0.1) is 0 Å². The predicted molar refractivity (Wildman–Crippen MR) is 114 cm³/mol. The third-order valence-corrected chi connectivity index (χ3v) is 6.28. The topological polar surface area (TPSA) is 71.7 Å². The van der Waals surface area contributed by atoms with Gasteiger partial charge in [0.15, 0.2) is 0 Å². The molecular formula is C23H29F3N4O3. The van der Waals surface area contributed by atoms with E-state index in [1.165, 1.54) is 12.1 Å². The molecule has 33 heavy (non-hydrogen) atoms. The van der Waals surface area contributed by atoms with Gasteiger partial charge in [0.05, 0.1) is 18.8 Å². The standard InChI is InChI=1S/C23H29F3N4O3/c24-23(25,26)19-7-2-6-18(16-19)21-27-20(33-28-21)8-11-30(22(31)17-4-1-5-17)10-3-9-29-12-14-32-15-13-29/h2,6-7,16-17H,1,3-5,8-15H2. The van der Waals surface area contributed by atoms with Crippen LogP contribution in [-0.4, -0.2) is 71.8 Å². The summed E-state index contributed by atoms with van der Waals surface area (Å²) >= 11 is 0. The molecule has 1 aromatic heterocycles. The van der Waals surface area contributed by atoms with Gasteiger partial charge in [-0.25, -0.2) is 0 Å². The van der Waals surface area contributed by atoms with Gasteiger partial charge in [0.1, 0.15) is 0 Å². The van der Waals surface area contributed by atoms with Crippen molar-refractivity contribution in [3.63, 3.8) is 0 Å². The number of aromatic nitrogens is 2. The van der Waals surface area contributed by atoms with E-state index >= 15 is 0 Å². The lowest BCUT2D eigenvalue weighted by Gasteiger charge is -2.32. The Morgan fingerprint density at radius 2 is 1.97 bits per heavy atom. The molecule has 1 saturated heterocycles. The molecule has 2 aromatic rings. The number of nitrogens with zero attached hydrogens (tertiary/aromatic N) is 4. The second kappa shape index (κ2) is 10.6. The van der Waals surface area contributed by atoms with Crippen molar-refractivity contribution in [2.24, 2.45) is 5.92 Å². The molecule has 7 nitrogen and oxygen atoms in total. The Hall–Kier alpha value is -2.46. The number of morpholine rings is 1. The summed E-state index contributed by atoms with van der Waals surface area (Å²) in [5.74, 6) is 0.680. The highest BCUT2D eigenvalue weighted by Gasteiger charge is 2.31. The summed E-state index contributed by atoms with van der Waals surface area (Å²) in [6, 6.07) is 4.85. The van der Waals surface area contributed by atoms with Crippen LogP contribution in [0.25, 0.3) is 11.4 Å². The van der Waals surface area contributed by atoms with Gasteiger partial charge in [-0.2, -0.15) is 18.2 Å². The number of carbonyl (C=O) groups is 1. The number of rotatable bonds is 9. The summed E-state index contributed by atoms with van der Waals surface area (Å²) in [6.07, 6.45) is -0.258. The first kappa shape index (κ1) is 23.7.